The van der Waals surface area contributed by atoms with Gasteiger partial charge in [0.25, 0.3) is 0 Å². The molecule has 8 heteroatoms. The van der Waals surface area contributed by atoms with Gasteiger partial charge in [-0.1, -0.05) is 42.1 Å². The van der Waals surface area contributed by atoms with Gasteiger partial charge in [-0.15, -0.1) is 5.10 Å². The molecule has 0 radical (unpaired) electrons. The van der Waals surface area contributed by atoms with Gasteiger partial charge in [-0.3, -0.25) is 4.79 Å². The first kappa shape index (κ1) is 18.9. The molecule has 0 saturated carbocycles. The number of carbonyl (C=O) groups is 1. The third-order valence-electron chi connectivity index (χ3n) is 4.34. The van der Waals surface area contributed by atoms with Gasteiger partial charge in [0.2, 0.25) is 11.1 Å². The highest BCUT2D eigenvalue weighted by Crippen LogP contribution is 2.23. The van der Waals surface area contributed by atoms with Crippen LogP contribution in [0.3, 0.4) is 0 Å². The lowest BCUT2D eigenvalue weighted by atomic mass is 10.1. The summed E-state index contributed by atoms with van der Waals surface area (Å²) in [6.07, 6.45) is 0. The number of hydrogen-bond donors (Lipinski definition) is 0. The van der Waals surface area contributed by atoms with E-state index in [0.717, 1.165) is 17.0 Å². The third-order valence-corrected chi connectivity index (χ3v) is 5.24. The second kappa shape index (κ2) is 8.68. The van der Waals surface area contributed by atoms with Crippen molar-refractivity contribution in [1.82, 2.24) is 25.1 Å². The van der Waals surface area contributed by atoms with Gasteiger partial charge in [0.1, 0.15) is 5.75 Å². The lowest BCUT2D eigenvalue weighted by Gasteiger charge is -2.25. The number of amides is 1. The van der Waals surface area contributed by atoms with E-state index in [4.69, 9.17) is 4.74 Å². The average molecular weight is 383 g/mol. The van der Waals surface area contributed by atoms with Gasteiger partial charge >= 0.3 is 0 Å². The Kier molecular flexibility index (Phi) is 6.08. The van der Waals surface area contributed by atoms with E-state index >= 15 is 0 Å². The number of ether oxygens (including phenoxy) is 1. The Morgan fingerprint density at radius 3 is 2.56 bits per heavy atom. The van der Waals surface area contributed by atoms with Crippen molar-refractivity contribution in [2.75, 3.05) is 19.9 Å². The molecule has 0 spiro atoms. The highest BCUT2D eigenvalue weighted by Gasteiger charge is 2.19. The molecule has 0 aliphatic carbocycles. The lowest BCUT2D eigenvalue weighted by Crippen LogP contribution is -2.31. The summed E-state index contributed by atoms with van der Waals surface area (Å²) in [5.74, 6) is 1.03. The summed E-state index contributed by atoms with van der Waals surface area (Å²) in [6.45, 7) is 2.01. The van der Waals surface area contributed by atoms with Gasteiger partial charge in [-0.25, -0.2) is 0 Å². The summed E-state index contributed by atoms with van der Waals surface area (Å²) in [5.41, 5.74) is 1.91. The molecule has 7 nitrogen and oxygen atoms in total. The van der Waals surface area contributed by atoms with Crippen LogP contribution in [0.5, 0.6) is 5.75 Å². The van der Waals surface area contributed by atoms with Gasteiger partial charge in [-0.2, -0.15) is 4.68 Å². The Hall–Kier alpha value is -2.87. The minimum Gasteiger partial charge on any atom is -0.497 e. The van der Waals surface area contributed by atoms with Crippen LogP contribution in [0.1, 0.15) is 18.5 Å². The van der Waals surface area contributed by atoms with E-state index in [2.05, 4.69) is 15.5 Å². The topological polar surface area (TPSA) is 73.1 Å². The SMILES string of the molecule is COc1ccc(-n2nnnc2SCC(=O)N(C)C(C)c2ccccc2)cc1. The summed E-state index contributed by atoms with van der Waals surface area (Å²) < 4.78 is 6.77. The summed E-state index contributed by atoms with van der Waals surface area (Å²) >= 11 is 1.31. The molecule has 1 heterocycles. The molecule has 140 valence electrons. The van der Waals surface area contributed by atoms with Crippen LogP contribution in [0.25, 0.3) is 5.69 Å². The molecule has 1 atom stereocenters. The zero-order chi connectivity index (χ0) is 19.2. The number of aromatic nitrogens is 4. The highest BCUT2D eigenvalue weighted by molar-refractivity contribution is 7.99. The van der Waals surface area contributed by atoms with Crippen LogP contribution in [0.15, 0.2) is 59.8 Å². The Morgan fingerprint density at radius 2 is 1.89 bits per heavy atom. The average Bonchev–Trinajstić information content (AvgIpc) is 3.20. The second-order valence-electron chi connectivity index (χ2n) is 5.95. The van der Waals surface area contributed by atoms with E-state index in [1.807, 2.05) is 68.6 Å². The van der Waals surface area contributed by atoms with Crippen molar-refractivity contribution in [3.05, 3.63) is 60.2 Å². The predicted octanol–water partition coefficient (Wildman–Crippen LogP) is 2.98. The standard InChI is InChI=1S/C19H21N5O2S/c1-14(15-7-5-4-6-8-15)23(2)18(25)13-27-19-20-21-22-24(19)16-9-11-17(26-3)12-10-16/h4-12,14H,13H2,1-3H3. The van der Waals surface area contributed by atoms with E-state index < -0.39 is 0 Å². The van der Waals surface area contributed by atoms with Crippen molar-refractivity contribution in [2.24, 2.45) is 0 Å². The highest BCUT2D eigenvalue weighted by atomic mass is 32.2. The summed E-state index contributed by atoms with van der Waals surface area (Å²) in [7, 11) is 3.43. The number of hydrogen-bond acceptors (Lipinski definition) is 6. The number of benzene rings is 2. The van der Waals surface area contributed by atoms with Crippen LogP contribution in [0.4, 0.5) is 0 Å². The molecule has 0 N–H and O–H groups in total. The molecule has 1 aromatic heterocycles. The summed E-state index contributed by atoms with van der Waals surface area (Å²) in [4.78, 5) is 14.3. The molecule has 27 heavy (non-hydrogen) atoms. The maximum absolute atomic E-state index is 12.6. The van der Waals surface area contributed by atoms with Gasteiger partial charge < -0.3 is 9.64 Å². The van der Waals surface area contributed by atoms with Crippen molar-refractivity contribution in [3.8, 4) is 11.4 Å². The monoisotopic (exact) mass is 383 g/mol. The van der Waals surface area contributed by atoms with Crippen LogP contribution in [0.2, 0.25) is 0 Å². The maximum atomic E-state index is 12.6. The molecular formula is C19H21N5O2S. The van der Waals surface area contributed by atoms with Gasteiger partial charge in [0.05, 0.1) is 24.6 Å². The fourth-order valence-corrected chi connectivity index (χ4v) is 3.37. The van der Waals surface area contributed by atoms with Crippen LogP contribution in [-0.2, 0) is 4.79 Å². The van der Waals surface area contributed by atoms with Crippen molar-refractivity contribution >= 4 is 17.7 Å². The second-order valence-corrected chi connectivity index (χ2v) is 6.89. The number of methoxy groups -OCH3 is 1. The quantitative estimate of drug-likeness (QED) is 0.584. The summed E-state index contributed by atoms with van der Waals surface area (Å²) in [5, 5.41) is 12.3. The number of carbonyl (C=O) groups excluding carboxylic acids is 1. The smallest absolute Gasteiger partial charge is 0.233 e. The Morgan fingerprint density at radius 1 is 1.19 bits per heavy atom. The summed E-state index contributed by atoms with van der Waals surface area (Å²) in [6, 6.07) is 17.4. The molecular weight excluding hydrogens is 362 g/mol. The van der Waals surface area contributed by atoms with E-state index in [0.29, 0.717) is 5.16 Å². The minimum atomic E-state index is -0.00289. The van der Waals surface area contributed by atoms with Crippen molar-refractivity contribution < 1.29 is 9.53 Å². The van der Waals surface area contributed by atoms with Crippen LogP contribution >= 0.6 is 11.8 Å². The zero-order valence-corrected chi connectivity index (χ0v) is 16.3. The van der Waals surface area contributed by atoms with Crippen LogP contribution in [-0.4, -0.2) is 50.9 Å². The Bertz CT molecular complexity index is 883. The first-order valence-corrected chi connectivity index (χ1v) is 9.45. The molecule has 0 aliphatic heterocycles. The fourth-order valence-electron chi connectivity index (χ4n) is 2.55. The molecule has 0 bridgehead atoms. The number of tetrazole rings is 1. The van der Waals surface area contributed by atoms with Crippen molar-refractivity contribution in [1.29, 1.82) is 0 Å². The van der Waals surface area contributed by atoms with Crippen molar-refractivity contribution in [3.63, 3.8) is 0 Å². The lowest BCUT2D eigenvalue weighted by molar-refractivity contribution is -0.128. The normalized spacial score (nSPS) is 11.8. The largest absolute Gasteiger partial charge is 0.497 e. The van der Waals surface area contributed by atoms with E-state index in [1.54, 1.807) is 16.7 Å². The number of nitrogens with zero attached hydrogens (tertiary/aromatic N) is 5. The number of rotatable bonds is 7. The molecule has 2 aromatic carbocycles. The first-order chi connectivity index (χ1) is 13.1. The predicted molar refractivity (Wildman–Crippen MR) is 104 cm³/mol. The third kappa shape index (κ3) is 4.46. The molecule has 1 unspecified atom stereocenters. The Balaban J connectivity index is 1.65. The fraction of sp³-hybridized carbons (Fsp3) is 0.263. The maximum Gasteiger partial charge on any atom is 0.233 e. The van der Waals surface area contributed by atoms with Crippen LogP contribution in [0, 0.1) is 0 Å². The van der Waals surface area contributed by atoms with Gasteiger partial charge in [-0.05, 0) is 47.2 Å². The molecule has 0 saturated heterocycles. The van der Waals surface area contributed by atoms with E-state index in [1.165, 1.54) is 11.8 Å². The zero-order valence-electron chi connectivity index (χ0n) is 15.4. The first-order valence-electron chi connectivity index (χ1n) is 8.46. The minimum absolute atomic E-state index is 0.00289. The van der Waals surface area contributed by atoms with Crippen molar-refractivity contribution in [2.45, 2.75) is 18.1 Å². The molecule has 1 amide bonds. The molecule has 0 fully saturated rings. The van der Waals surface area contributed by atoms with E-state index in [9.17, 15) is 4.79 Å². The van der Waals surface area contributed by atoms with Crippen LogP contribution < -0.4 is 4.74 Å². The van der Waals surface area contributed by atoms with Gasteiger partial charge in [0.15, 0.2) is 0 Å². The Labute approximate surface area is 162 Å². The molecule has 0 aliphatic rings. The van der Waals surface area contributed by atoms with E-state index in [-0.39, 0.29) is 17.7 Å². The molecule has 3 rings (SSSR count). The number of thioether (sulfide) groups is 1. The molecule has 3 aromatic rings. The van der Waals surface area contributed by atoms with Gasteiger partial charge in [0, 0.05) is 7.05 Å².